The van der Waals surface area contributed by atoms with Crippen molar-refractivity contribution in [3.8, 4) is 0 Å². The van der Waals surface area contributed by atoms with Crippen molar-refractivity contribution in [3.63, 3.8) is 0 Å². The van der Waals surface area contributed by atoms with Gasteiger partial charge in [-0.3, -0.25) is 14.4 Å². The number of nitrogens with one attached hydrogen (secondary N) is 1. The summed E-state index contributed by atoms with van der Waals surface area (Å²) < 4.78 is 5.06. The van der Waals surface area contributed by atoms with Crippen molar-refractivity contribution in [1.82, 2.24) is 15.3 Å². The predicted octanol–water partition coefficient (Wildman–Crippen LogP) is 1.41. The number of esters is 1. The van der Waals surface area contributed by atoms with Crippen LogP contribution in [0.3, 0.4) is 0 Å². The Morgan fingerprint density at radius 2 is 1.79 bits per heavy atom. The van der Waals surface area contributed by atoms with Gasteiger partial charge in [0.1, 0.15) is 6.54 Å². The second-order valence-corrected chi connectivity index (χ2v) is 6.27. The number of ether oxygens (including phenoxy) is 1. The average molecular weight is 384 g/mol. The summed E-state index contributed by atoms with van der Waals surface area (Å²) in [6, 6.07) is 8.84. The van der Waals surface area contributed by atoms with Crippen molar-refractivity contribution in [1.29, 1.82) is 0 Å². The maximum Gasteiger partial charge on any atom is 0.326 e. The highest BCUT2D eigenvalue weighted by Gasteiger charge is 2.13. The number of aromatic nitrogens is 2. The number of benzene rings is 1. The van der Waals surface area contributed by atoms with Crippen LogP contribution in [0.1, 0.15) is 29.3 Å². The lowest BCUT2D eigenvalue weighted by Crippen LogP contribution is -2.29. The van der Waals surface area contributed by atoms with Crippen LogP contribution in [-0.4, -0.2) is 54.4 Å². The molecule has 28 heavy (non-hydrogen) atoms. The van der Waals surface area contributed by atoms with Crippen molar-refractivity contribution in [3.05, 3.63) is 53.9 Å². The maximum absolute atomic E-state index is 12.2. The van der Waals surface area contributed by atoms with Crippen LogP contribution in [0.5, 0.6) is 0 Å². The number of anilines is 1. The minimum absolute atomic E-state index is 0.0435. The zero-order valence-corrected chi connectivity index (χ0v) is 16.1. The highest BCUT2D eigenvalue weighted by atomic mass is 16.5. The van der Waals surface area contributed by atoms with E-state index in [1.165, 1.54) is 6.92 Å². The maximum atomic E-state index is 12.2. The first-order chi connectivity index (χ1) is 13.5. The molecule has 0 spiro atoms. The minimum Gasteiger partial charge on any atom is -0.456 e. The lowest BCUT2D eigenvalue weighted by atomic mass is 10.1. The molecule has 8 heteroatoms. The molecule has 8 nitrogen and oxygen atoms in total. The summed E-state index contributed by atoms with van der Waals surface area (Å²) in [5, 5.41) is 2.74. The van der Waals surface area contributed by atoms with Gasteiger partial charge in [-0.1, -0.05) is 24.3 Å². The third-order valence-corrected chi connectivity index (χ3v) is 3.92. The van der Waals surface area contributed by atoms with E-state index in [4.69, 9.17) is 4.74 Å². The molecule has 148 valence electrons. The van der Waals surface area contributed by atoms with Gasteiger partial charge in [-0.15, -0.1) is 0 Å². The molecule has 0 saturated carbocycles. The summed E-state index contributed by atoms with van der Waals surface area (Å²) >= 11 is 0. The van der Waals surface area contributed by atoms with E-state index >= 15 is 0 Å². The Hall–Kier alpha value is -3.29. The fourth-order valence-electron chi connectivity index (χ4n) is 2.44. The quantitative estimate of drug-likeness (QED) is 0.375. The number of likely N-dealkylation sites (N-methyl/N-ethyl adjacent to an activating group) is 1. The first-order valence-electron chi connectivity index (χ1n) is 8.96. The van der Waals surface area contributed by atoms with E-state index in [0.29, 0.717) is 18.1 Å². The molecule has 0 aliphatic carbocycles. The van der Waals surface area contributed by atoms with Gasteiger partial charge in [0.05, 0.1) is 0 Å². The number of rotatable bonds is 10. The number of aryl methyl sites for hydroxylation is 1. The third-order valence-electron chi connectivity index (χ3n) is 3.92. The number of hydrogen-bond donors (Lipinski definition) is 1. The summed E-state index contributed by atoms with van der Waals surface area (Å²) in [5.74, 6) is -0.437. The molecule has 1 heterocycles. The monoisotopic (exact) mass is 384 g/mol. The van der Waals surface area contributed by atoms with Gasteiger partial charge in [-0.2, -0.15) is 0 Å². The van der Waals surface area contributed by atoms with Crippen LogP contribution in [0.15, 0.2) is 42.7 Å². The van der Waals surface area contributed by atoms with Crippen LogP contribution in [0.2, 0.25) is 0 Å². The number of Topliss-reactive ketones (excluding diaryl/α,β-unsaturated/α-hetero) is 1. The molecule has 0 unspecified atom stereocenters. The van der Waals surface area contributed by atoms with Gasteiger partial charge < -0.3 is 15.0 Å². The van der Waals surface area contributed by atoms with E-state index in [2.05, 4.69) is 15.3 Å². The lowest BCUT2D eigenvalue weighted by molar-refractivity contribution is -0.140. The summed E-state index contributed by atoms with van der Waals surface area (Å²) in [6.07, 6.45) is 4.79. The Bertz CT molecular complexity index is 794. The number of hydrogen-bond acceptors (Lipinski definition) is 7. The predicted molar refractivity (Wildman–Crippen MR) is 104 cm³/mol. The second kappa shape index (κ2) is 10.8. The zero-order valence-electron chi connectivity index (χ0n) is 16.1. The van der Waals surface area contributed by atoms with E-state index < -0.39 is 5.97 Å². The molecule has 0 bridgehead atoms. The molecule has 0 radical (unpaired) electrons. The Kier molecular flexibility index (Phi) is 8.08. The van der Waals surface area contributed by atoms with Crippen LogP contribution in [0.25, 0.3) is 0 Å². The number of nitrogens with zero attached hydrogens (tertiary/aromatic N) is 3. The first-order valence-corrected chi connectivity index (χ1v) is 8.96. The smallest absolute Gasteiger partial charge is 0.326 e. The topological polar surface area (TPSA) is 101 Å². The molecule has 1 aromatic carbocycles. The van der Waals surface area contributed by atoms with E-state index in [9.17, 15) is 14.4 Å². The molecule has 0 atom stereocenters. The van der Waals surface area contributed by atoms with Crippen LogP contribution in [-0.2, 0) is 20.7 Å². The van der Waals surface area contributed by atoms with E-state index in [-0.39, 0.29) is 24.8 Å². The molecule has 1 aromatic heterocycles. The molecular formula is C20H24N4O4. The molecule has 0 fully saturated rings. The number of carbonyl (C=O) groups excluding carboxylic acids is 3. The normalized spacial score (nSPS) is 10.2. The lowest BCUT2D eigenvalue weighted by Gasteiger charge is -2.15. The van der Waals surface area contributed by atoms with Gasteiger partial charge in [0.15, 0.2) is 12.4 Å². The standard InChI is InChI=1S/C20H24N4O4/c1-15(25)21-10-3-5-16-6-8-17(9-7-16)18(26)14-28-19(27)13-24(2)20-22-11-4-12-23-20/h4,6-9,11-12H,3,5,10,13-14H2,1-2H3,(H,21,25). The number of ketones is 1. The number of amides is 1. The van der Waals surface area contributed by atoms with Crippen molar-refractivity contribution < 1.29 is 19.1 Å². The number of carbonyl (C=O) groups is 3. The Morgan fingerprint density at radius 3 is 2.43 bits per heavy atom. The Morgan fingerprint density at radius 1 is 1.11 bits per heavy atom. The SMILES string of the molecule is CC(=O)NCCCc1ccc(C(=O)COC(=O)CN(C)c2ncccn2)cc1. The highest BCUT2D eigenvalue weighted by molar-refractivity contribution is 5.98. The van der Waals surface area contributed by atoms with Crippen molar-refractivity contribution in [2.75, 3.05) is 31.6 Å². The largest absolute Gasteiger partial charge is 0.456 e. The first kappa shape index (κ1) is 21.0. The van der Waals surface area contributed by atoms with Gasteiger partial charge in [-0.05, 0) is 24.5 Å². The zero-order chi connectivity index (χ0) is 20.4. The van der Waals surface area contributed by atoms with E-state index in [1.807, 2.05) is 12.1 Å². The fourth-order valence-corrected chi connectivity index (χ4v) is 2.44. The molecule has 0 aliphatic rings. The van der Waals surface area contributed by atoms with Gasteiger partial charge in [-0.25, -0.2) is 9.97 Å². The highest BCUT2D eigenvalue weighted by Crippen LogP contribution is 2.08. The van der Waals surface area contributed by atoms with Gasteiger partial charge >= 0.3 is 5.97 Å². The van der Waals surface area contributed by atoms with Crippen molar-refractivity contribution in [2.24, 2.45) is 0 Å². The van der Waals surface area contributed by atoms with Crippen LogP contribution >= 0.6 is 0 Å². The fraction of sp³-hybridized carbons (Fsp3) is 0.350. The molecule has 1 amide bonds. The van der Waals surface area contributed by atoms with Gasteiger partial charge in [0.2, 0.25) is 11.9 Å². The van der Waals surface area contributed by atoms with E-state index in [0.717, 1.165) is 18.4 Å². The van der Waals surface area contributed by atoms with Crippen LogP contribution in [0.4, 0.5) is 5.95 Å². The van der Waals surface area contributed by atoms with Crippen molar-refractivity contribution >= 4 is 23.6 Å². The molecule has 2 aromatic rings. The summed E-state index contributed by atoms with van der Waals surface area (Å²) in [5.41, 5.74) is 1.56. The molecule has 2 rings (SSSR count). The van der Waals surface area contributed by atoms with Crippen LogP contribution < -0.4 is 10.2 Å². The van der Waals surface area contributed by atoms with E-state index in [1.54, 1.807) is 42.5 Å². The minimum atomic E-state index is -0.530. The molecular weight excluding hydrogens is 360 g/mol. The van der Waals surface area contributed by atoms with Crippen molar-refractivity contribution in [2.45, 2.75) is 19.8 Å². The Labute approximate surface area is 163 Å². The molecule has 0 aliphatic heterocycles. The van der Waals surface area contributed by atoms with Crippen LogP contribution in [0, 0.1) is 0 Å². The third kappa shape index (κ3) is 7.14. The van der Waals surface area contributed by atoms with Gasteiger partial charge in [0.25, 0.3) is 0 Å². The summed E-state index contributed by atoms with van der Waals surface area (Å²) in [6.45, 7) is 1.74. The Balaban J connectivity index is 1.74. The molecule has 0 saturated heterocycles. The van der Waals surface area contributed by atoms with Gasteiger partial charge in [0, 0.05) is 38.5 Å². The average Bonchev–Trinajstić information content (AvgIpc) is 2.70. The molecule has 1 N–H and O–H groups in total. The summed E-state index contributed by atoms with van der Waals surface area (Å²) in [7, 11) is 1.67. The summed E-state index contributed by atoms with van der Waals surface area (Å²) in [4.78, 5) is 44.5. The second-order valence-electron chi connectivity index (χ2n) is 6.27.